The van der Waals surface area contributed by atoms with Gasteiger partial charge in [-0.25, -0.2) is 0 Å². The molecule has 2 aromatic carbocycles. The zero-order chi connectivity index (χ0) is 24.8. The number of aliphatic hydroxyl groups excluding tert-OH is 1. The first-order valence-corrected chi connectivity index (χ1v) is 11.7. The van der Waals surface area contributed by atoms with Gasteiger partial charge in [0.1, 0.15) is 0 Å². The van der Waals surface area contributed by atoms with E-state index in [1.165, 1.54) is 9.80 Å². The van der Waals surface area contributed by atoms with E-state index in [0.717, 1.165) is 5.69 Å². The average molecular weight is 472 g/mol. The number of rotatable bonds is 9. The summed E-state index contributed by atoms with van der Waals surface area (Å²) in [6.07, 6.45) is 1.04. The zero-order valence-electron chi connectivity index (χ0n) is 19.7. The molecule has 0 radical (unpaired) electrons. The van der Waals surface area contributed by atoms with Crippen molar-refractivity contribution >= 4 is 17.7 Å². The maximum atomic E-state index is 13.7. The van der Waals surface area contributed by atoms with Crippen molar-refractivity contribution in [3.63, 3.8) is 0 Å². The van der Waals surface area contributed by atoms with E-state index in [-0.39, 0.29) is 43.7 Å². The number of aliphatic hydroxyl groups is 1. The van der Waals surface area contributed by atoms with Gasteiger partial charge in [0.2, 0.25) is 17.7 Å². The lowest BCUT2D eigenvalue weighted by atomic mass is 9.75. The fraction of sp³-hybridized carbons (Fsp3) is 0.286. The predicted molar refractivity (Wildman–Crippen MR) is 131 cm³/mol. The topological polar surface area (TPSA) is 90.8 Å². The van der Waals surface area contributed by atoms with Gasteiger partial charge in [-0.05, 0) is 23.3 Å². The molecular weight excluding hydrogens is 442 g/mol. The highest BCUT2D eigenvalue weighted by atomic mass is 16.3. The number of carbonyl (C=O) groups is 3. The van der Waals surface area contributed by atoms with Crippen LogP contribution in [0.3, 0.4) is 0 Å². The van der Waals surface area contributed by atoms with E-state index in [9.17, 15) is 19.5 Å². The Morgan fingerprint density at radius 3 is 2.34 bits per heavy atom. The van der Waals surface area contributed by atoms with Crippen molar-refractivity contribution in [1.29, 1.82) is 0 Å². The fourth-order valence-corrected chi connectivity index (χ4v) is 4.56. The molecule has 7 heteroatoms. The minimum Gasteiger partial charge on any atom is -0.387 e. The Bertz CT molecular complexity index is 1170. The first-order chi connectivity index (χ1) is 16.9. The standard InChI is InChI=1S/C28H29N3O4/c1-30(20-24(32)21-10-4-2-5-11-21)25(33)18-28(22-12-6-3-7-13-22)19-26(34)31(27(28)35)17-15-23-14-8-9-16-29-23/h2-14,16,24,32H,15,17-20H2,1H3/t24-,28+/m0/s1. The molecule has 0 bridgehead atoms. The number of benzene rings is 2. The van der Waals surface area contributed by atoms with Crippen molar-refractivity contribution in [1.82, 2.24) is 14.8 Å². The van der Waals surface area contributed by atoms with Gasteiger partial charge >= 0.3 is 0 Å². The van der Waals surface area contributed by atoms with Crippen LogP contribution in [-0.2, 0) is 26.2 Å². The lowest BCUT2D eigenvalue weighted by Gasteiger charge is -2.30. The molecule has 0 saturated carbocycles. The average Bonchev–Trinajstić information content (AvgIpc) is 3.13. The number of pyridine rings is 1. The Balaban J connectivity index is 1.53. The van der Waals surface area contributed by atoms with Crippen molar-refractivity contribution in [3.05, 3.63) is 102 Å². The maximum absolute atomic E-state index is 13.7. The summed E-state index contributed by atoms with van der Waals surface area (Å²) in [6.45, 7) is 0.291. The number of likely N-dealkylation sites (N-methyl/N-ethyl adjacent to an activating group) is 1. The van der Waals surface area contributed by atoms with E-state index in [1.54, 1.807) is 49.6 Å². The molecule has 1 aliphatic rings. The molecule has 4 rings (SSSR count). The van der Waals surface area contributed by atoms with Crippen molar-refractivity contribution < 1.29 is 19.5 Å². The van der Waals surface area contributed by atoms with E-state index in [2.05, 4.69) is 4.98 Å². The monoisotopic (exact) mass is 471 g/mol. The molecule has 1 aliphatic heterocycles. The lowest BCUT2D eigenvalue weighted by Crippen LogP contribution is -2.43. The summed E-state index contributed by atoms with van der Waals surface area (Å²) in [4.78, 5) is 47.0. The van der Waals surface area contributed by atoms with E-state index < -0.39 is 11.5 Å². The molecule has 1 N–H and O–H groups in total. The van der Waals surface area contributed by atoms with Crippen molar-refractivity contribution in [3.8, 4) is 0 Å². The fourth-order valence-electron chi connectivity index (χ4n) is 4.56. The molecule has 35 heavy (non-hydrogen) atoms. The second-order valence-electron chi connectivity index (χ2n) is 8.92. The van der Waals surface area contributed by atoms with E-state index in [0.29, 0.717) is 17.5 Å². The van der Waals surface area contributed by atoms with Gasteiger partial charge in [0.15, 0.2) is 0 Å². The summed E-state index contributed by atoms with van der Waals surface area (Å²) in [6, 6.07) is 23.7. The van der Waals surface area contributed by atoms with Gasteiger partial charge in [0.25, 0.3) is 0 Å². The Labute approximate surface area is 205 Å². The molecule has 0 spiro atoms. The molecule has 1 fully saturated rings. The van der Waals surface area contributed by atoms with Crippen LogP contribution in [0.5, 0.6) is 0 Å². The predicted octanol–water partition coefficient (Wildman–Crippen LogP) is 2.90. The third-order valence-corrected chi connectivity index (χ3v) is 6.56. The second kappa shape index (κ2) is 10.6. The minimum atomic E-state index is -1.27. The van der Waals surface area contributed by atoms with Crippen molar-refractivity contribution in [2.24, 2.45) is 0 Å². The Hall–Kier alpha value is -3.84. The first-order valence-electron chi connectivity index (χ1n) is 11.7. The molecular formula is C28H29N3O4. The first kappa shape index (κ1) is 24.3. The quantitative estimate of drug-likeness (QED) is 0.485. The van der Waals surface area contributed by atoms with Crippen LogP contribution >= 0.6 is 0 Å². The SMILES string of the molecule is CN(C[C@H](O)c1ccccc1)C(=O)C[C@]1(c2ccccc2)CC(=O)N(CCc2ccccn2)C1=O. The third-order valence-electron chi connectivity index (χ3n) is 6.56. The summed E-state index contributed by atoms with van der Waals surface area (Å²) in [7, 11) is 1.60. The smallest absolute Gasteiger partial charge is 0.240 e. The Kier molecular flexibility index (Phi) is 7.36. The molecule has 2 heterocycles. The lowest BCUT2D eigenvalue weighted by molar-refractivity contribution is -0.142. The van der Waals surface area contributed by atoms with Crippen LogP contribution in [0.2, 0.25) is 0 Å². The summed E-state index contributed by atoms with van der Waals surface area (Å²) >= 11 is 0. The van der Waals surface area contributed by atoms with Crippen LogP contribution in [0.4, 0.5) is 0 Å². The van der Waals surface area contributed by atoms with Gasteiger partial charge in [-0.2, -0.15) is 0 Å². The normalized spacial score (nSPS) is 18.5. The van der Waals surface area contributed by atoms with Crippen molar-refractivity contribution in [2.75, 3.05) is 20.1 Å². The molecule has 1 aromatic heterocycles. The van der Waals surface area contributed by atoms with Gasteiger partial charge in [-0.3, -0.25) is 24.3 Å². The van der Waals surface area contributed by atoms with E-state index >= 15 is 0 Å². The zero-order valence-corrected chi connectivity index (χ0v) is 19.7. The summed E-state index contributed by atoms with van der Waals surface area (Å²) in [5.74, 6) is -0.971. The van der Waals surface area contributed by atoms with Gasteiger partial charge in [0.05, 0.1) is 18.1 Å². The van der Waals surface area contributed by atoms with Gasteiger partial charge in [-0.1, -0.05) is 66.7 Å². The van der Waals surface area contributed by atoms with Crippen LogP contribution in [0.1, 0.15) is 35.8 Å². The largest absolute Gasteiger partial charge is 0.387 e. The van der Waals surface area contributed by atoms with Gasteiger partial charge in [-0.15, -0.1) is 0 Å². The summed E-state index contributed by atoms with van der Waals surface area (Å²) in [5, 5.41) is 10.6. The molecule has 3 aromatic rings. The number of likely N-dealkylation sites (tertiary alicyclic amines) is 1. The highest BCUT2D eigenvalue weighted by Gasteiger charge is 2.53. The van der Waals surface area contributed by atoms with Gasteiger partial charge < -0.3 is 10.0 Å². The highest BCUT2D eigenvalue weighted by molar-refractivity contribution is 6.10. The van der Waals surface area contributed by atoms with Crippen LogP contribution < -0.4 is 0 Å². The Morgan fingerprint density at radius 2 is 1.69 bits per heavy atom. The number of nitrogens with zero attached hydrogens (tertiary/aromatic N) is 3. The number of amides is 3. The molecule has 180 valence electrons. The van der Waals surface area contributed by atoms with Crippen LogP contribution in [0, 0.1) is 0 Å². The van der Waals surface area contributed by atoms with Gasteiger partial charge in [0, 0.05) is 44.7 Å². The summed E-state index contributed by atoms with van der Waals surface area (Å²) in [5.41, 5.74) is 0.865. The second-order valence-corrected chi connectivity index (χ2v) is 8.92. The molecule has 7 nitrogen and oxygen atoms in total. The van der Waals surface area contributed by atoms with Crippen LogP contribution in [0.15, 0.2) is 85.1 Å². The number of hydrogen-bond acceptors (Lipinski definition) is 5. The number of imide groups is 1. The van der Waals surface area contributed by atoms with Crippen LogP contribution in [0.25, 0.3) is 0 Å². The molecule has 0 aliphatic carbocycles. The van der Waals surface area contributed by atoms with Crippen LogP contribution in [-0.4, -0.2) is 57.7 Å². The van der Waals surface area contributed by atoms with E-state index in [1.807, 2.05) is 42.5 Å². The maximum Gasteiger partial charge on any atom is 0.240 e. The van der Waals surface area contributed by atoms with E-state index in [4.69, 9.17) is 0 Å². The number of aromatic nitrogens is 1. The number of carbonyl (C=O) groups excluding carboxylic acids is 3. The number of hydrogen-bond donors (Lipinski definition) is 1. The minimum absolute atomic E-state index is 0.0706. The molecule has 0 unspecified atom stereocenters. The summed E-state index contributed by atoms with van der Waals surface area (Å²) < 4.78 is 0. The third kappa shape index (κ3) is 5.30. The highest BCUT2D eigenvalue weighted by Crippen LogP contribution is 2.40. The molecule has 2 atom stereocenters. The van der Waals surface area contributed by atoms with Crippen molar-refractivity contribution in [2.45, 2.75) is 30.8 Å². The molecule has 1 saturated heterocycles. The molecule has 3 amide bonds. The Morgan fingerprint density at radius 1 is 1.03 bits per heavy atom.